The normalized spacial score (nSPS) is 8.84. The van der Waals surface area contributed by atoms with E-state index in [0.29, 0.717) is 23.5 Å². The van der Waals surface area contributed by atoms with Crippen molar-refractivity contribution in [2.75, 3.05) is 63.8 Å². The Bertz CT molecular complexity index is 111. The van der Waals surface area contributed by atoms with E-state index in [1.165, 1.54) is 0 Å². The van der Waals surface area contributed by atoms with Crippen LogP contribution in [-0.4, -0.2) is 73.6 Å². The predicted octanol–water partition coefficient (Wildman–Crippen LogP) is -3.20. The first-order valence-corrected chi connectivity index (χ1v) is 7.37. The van der Waals surface area contributed by atoms with Crippen LogP contribution in [0.25, 0.3) is 0 Å². The summed E-state index contributed by atoms with van der Waals surface area (Å²) in [5.74, 6) is 2.75. The number of rotatable bonds is 8. The van der Waals surface area contributed by atoms with Crippen molar-refractivity contribution >= 4 is 46.4 Å². The van der Waals surface area contributed by atoms with Gasteiger partial charge in [-0.3, -0.25) is 0 Å². The number of alkyl halides is 4. The Morgan fingerprint density at radius 3 is 0.842 bits per heavy atom. The molecule has 0 heterocycles. The summed E-state index contributed by atoms with van der Waals surface area (Å²) in [6.07, 6.45) is 0. The molecule has 0 aliphatic carbocycles. The molecule has 2 nitrogen and oxygen atoms in total. The SMILES string of the molecule is CN(CCCl)CCCl.CN(CCCl)CCCl.[Cl-].[Cl-].[Pt+2]. The second-order valence-electron chi connectivity index (χ2n) is 3.36. The first-order chi connectivity index (χ1) is 7.62. The molecule has 0 unspecified atom stereocenters. The van der Waals surface area contributed by atoms with E-state index in [1.54, 1.807) is 0 Å². The molecule has 0 rings (SSSR count). The average molecular weight is 578 g/mol. The molecule has 19 heavy (non-hydrogen) atoms. The van der Waals surface area contributed by atoms with E-state index in [9.17, 15) is 0 Å². The molecule has 0 saturated heterocycles. The number of nitrogens with zero attached hydrogens (tertiary/aromatic N) is 2. The molecule has 0 aliphatic heterocycles. The van der Waals surface area contributed by atoms with E-state index in [0.717, 1.165) is 26.2 Å². The molecule has 0 amide bonds. The second kappa shape index (κ2) is 28.5. The maximum Gasteiger partial charge on any atom is 2.00 e. The van der Waals surface area contributed by atoms with Gasteiger partial charge >= 0.3 is 21.1 Å². The van der Waals surface area contributed by atoms with Crippen LogP contribution in [0.3, 0.4) is 0 Å². The molecule has 0 saturated carbocycles. The average Bonchev–Trinajstić information content (AvgIpc) is 2.20. The minimum atomic E-state index is 0. The van der Waals surface area contributed by atoms with E-state index >= 15 is 0 Å². The van der Waals surface area contributed by atoms with Crippen molar-refractivity contribution in [2.24, 2.45) is 0 Å². The van der Waals surface area contributed by atoms with Gasteiger partial charge in [0.1, 0.15) is 0 Å². The van der Waals surface area contributed by atoms with Crippen LogP contribution in [0.15, 0.2) is 0 Å². The van der Waals surface area contributed by atoms with Gasteiger partial charge in [-0.2, -0.15) is 0 Å². The third kappa shape index (κ3) is 33.3. The number of halogens is 6. The first-order valence-electron chi connectivity index (χ1n) is 5.23. The zero-order valence-electron chi connectivity index (χ0n) is 11.1. The van der Waals surface area contributed by atoms with Crippen molar-refractivity contribution in [3.05, 3.63) is 0 Å². The largest absolute Gasteiger partial charge is 2.00 e. The van der Waals surface area contributed by atoms with Crippen LogP contribution in [0, 0.1) is 0 Å². The first kappa shape index (κ1) is 33.1. The van der Waals surface area contributed by atoms with E-state index in [2.05, 4.69) is 9.80 Å². The third-order valence-electron chi connectivity index (χ3n) is 1.86. The van der Waals surface area contributed by atoms with E-state index in [1.807, 2.05) is 14.1 Å². The van der Waals surface area contributed by atoms with Crippen LogP contribution in [-0.2, 0) is 21.1 Å². The van der Waals surface area contributed by atoms with Crippen LogP contribution < -0.4 is 24.8 Å². The molecular weight excluding hydrogens is 556 g/mol. The van der Waals surface area contributed by atoms with Crippen molar-refractivity contribution in [3.8, 4) is 0 Å². The van der Waals surface area contributed by atoms with Gasteiger partial charge in [0.2, 0.25) is 0 Å². The second-order valence-corrected chi connectivity index (χ2v) is 4.87. The molecular formula is C10H22Cl6N2Pt. The molecule has 0 fully saturated rings. The molecule has 0 atom stereocenters. The number of hydrogen-bond acceptors (Lipinski definition) is 2. The monoisotopic (exact) mass is 575 g/mol. The van der Waals surface area contributed by atoms with Crippen LogP contribution in [0.1, 0.15) is 0 Å². The van der Waals surface area contributed by atoms with Crippen molar-refractivity contribution in [3.63, 3.8) is 0 Å². The van der Waals surface area contributed by atoms with Crippen LogP contribution >= 0.6 is 46.4 Å². The molecule has 0 aromatic rings. The summed E-state index contributed by atoms with van der Waals surface area (Å²) < 4.78 is 0. The Hall–Kier alpha value is 2.35. The Labute approximate surface area is 164 Å². The zero-order valence-corrected chi connectivity index (χ0v) is 17.9. The molecule has 9 heteroatoms. The van der Waals surface area contributed by atoms with Crippen LogP contribution in [0.5, 0.6) is 0 Å². The molecule has 0 spiro atoms. The van der Waals surface area contributed by atoms with Crippen molar-refractivity contribution in [1.82, 2.24) is 9.80 Å². The Kier molecular flexibility index (Phi) is 49.6. The summed E-state index contributed by atoms with van der Waals surface area (Å²) in [6, 6.07) is 0. The third-order valence-corrected chi connectivity index (χ3v) is 2.54. The molecule has 0 N–H and O–H groups in total. The maximum absolute atomic E-state index is 5.45. The molecule has 0 aliphatic rings. The van der Waals surface area contributed by atoms with Crippen molar-refractivity contribution < 1.29 is 45.9 Å². The fraction of sp³-hybridized carbons (Fsp3) is 1.00. The summed E-state index contributed by atoms with van der Waals surface area (Å²) in [4.78, 5) is 4.19. The van der Waals surface area contributed by atoms with Crippen LogP contribution in [0.2, 0.25) is 0 Å². The standard InChI is InChI=1S/2C5H11Cl2N.2ClH.Pt/c2*1-8(4-2-6)5-3-7;;;/h2*2-5H2,1H3;2*1H;/q;;;;+2/p-2. The zero-order chi connectivity index (χ0) is 12.8. The van der Waals surface area contributed by atoms with Gasteiger partial charge in [0.15, 0.2) is 0 Å². The van der Waals surface area contributed by atoms with Gasteiger partial charge in [-0.25, -0.2) is 0 Å². The van der Waals surface area contributed by atoms with Crippen molar-refractivity contribution in [1.29, 1.82) is 0 Å². The summed E-state index contributed by atoms with van der Waals surface area (Å²) in [5, 5.41) is 0. The maximum atomic E-state index is 5.45. The minimum Gasteiger partial charge on any atom is -1.00 e. The van der Waals surface area contributed by atoms with Gasteiger partial charge in [0.05, 0.1) is 0 Å². The predicted molar refractivity (Wildman–Crippen MR) is 77.9 cm³/mol. The Morgan fingerprint density at radius 2 is 0.737 bits per heavy atom. The van der Waals surface area contributed by atoms with Crippen LogP contribution in [0.4, 0.5) is 0 Å². The summed E-state index contributed by atoms with van der Waals surface area (Å²) >= 11 is 21.8. The van der Waals surface area contributed by atoms with E-state index in [-0.39, 0.29) is 45.9 Å². The van der Waals surface area contributed by atoms with Gasteiger partial charge in [0.25, 0.3) is 0 Å². The van der Waals surface area contributed by atoms with Crippen molar-refractivity contribution in [2.45, 2.75) is 0 Å². The smallest absolute Gasteiger partial charge is 1.00 e. The van der Waals surface area contributed by atoms with E-state index in [4.69, 9.17) is 46.4 Å². The van der Waals surface area contributed by atoms with Gasteiger partial charge in [-0.15, -0.1) is 46.4 Å². The van der Waals surface area contributed by atoms with Gasteiger partial charge in [-0.05, 0) is 14.1 Å². The molecule has 0 radical (unpaired) electrons. The summed E-state index contributed by atoms with van der Waals surface area (Å²) in [7, 11) is 4.01. The van der Waals surface area contributed by atoms with Gasteiger partial charge < -0.3 is 34.6 Å². The quantitative estimate of drug-likeness (QED) is 0.281. The minimum absolute atomic E-state index is 0. The molecule has 0 aromatic carbocycles. The summed E-state index contributed by atoms with van der Waals surface area (Å²) in [6.45, 7) is 3.70. The molecule has 124 valence electrons. The Morgan fingerprint density at radius 1 is 0.579 bits per heavy atom. The Balaban J connectivity index is -0.0000000594. The van der Waals surface area contributed by atoms with Gasteiger partial charge in [-0.1, -0.05) is 0 Å². The number of hydrogen-bond donors (Lipinski definition) is 0. The topological polar surface area (TPSA) is 6.48 Å². The fourth-order valence-electron chi connectivity index (χ4n) is 0.801. The van der Waals surface area contributed by atoms with Gasteiger partial charge in [0, 0.05) is 49.7 Å². The summed E-state index contributed by atoms with van der Waals surface area (Å²) in [5.41, 5.74) is 0. The molecule has 0 aromatic heterocycles. The fourth-order valence-corrected chi connectivity index (χ4v) is 1.95. The molecule has 0 bridgehead atoms. The van der Waals surface area contributed by atoms with E-state index < -0.39 is 0 Å².